The molecule has 2 rings (SSSR count). The summed E-state index contributed by atoms with van der Waals surface area (Å²) in [6.07, 6.45) is 1.62. The van der Waals surface area contributed by atoms with Crippen molar-refractivity contribution in [1.82, 2.24) is 4.90 Å². The molecule has 2 unspecified atom stereocenters. The zero-order chi connectivity index (χ0) is 12.6. The molecule has 0 amide bonds. The number of aliphatic carboxylic acids is 1. The quantitative estimate of drug-likeness (QED) is 0.924. The third-order valence-corrected chi connectivity index (χ3v) is 4.73. The van der Waals surface area contributed by atoms with Crippen molar-refractivity contribution in [3.8, 4) is 0 Å². The van der Waals surface area contributed by atoms with E-state index >= 15 is 0 Å². The van der Waals surface area contributed by atoms with E-state index in [1.54, 1.807) is 0 Å². The molecule has 3 nitrogen and oxygen atoms in total. The normalized spacial score (nSPS) is 22.9. The Balaban J connectivity index is 2.22. The molecular formula is C11H13Cl2NO2S. The lowest BCUT2D eigenvalue weighted by Gasteiger charge is -2.28. The van der Waals surface area contributed by atoms with E-state index in [0.717, 1.165) is 18.5 Å². The Kier molecular flexibility index (Phi) is 3.98. The Labute approximate surface area is 114 Å². The zero-order valence-electron chi connectivity index (χ0n) is 9.32. The van der Waals surface area contributed by atoms with Crippen LogP contribution in [-0.4, -0.2) is 28.6 Å². The van der Waals surface area contributed by atoms with Crippen molar-refractivity contribution in [3.63, 3.8) is 0 Å². The van der Waals surface area contributed by atoms with Gasteiger partial charge in [-0.15, -0.1) is 11.3 Å². The summed E-state index contributed by atoms with van der Waals surface area (Å²) in [5.74, 6) is -0.758. The van der Waals surface area contributed by atoms with E-state index in [-0.39, 0.29) is 6.04 Å². The molecule has 1 aliphatic heterocycles. The maximum atomic E-state index is 11.1. The Hall–Kier alpha value is -0.290. The van der Waals surface area contributed by atoms with E-state index in [9.17, 15) is 4.79 Å². The van der Waals surface area contributed by atoms with Crippen LogP contribution >= 0.6 is 34.5 Å². The smallest absolute Gasteiger partial charge is 0.320 e. The lowest BCUT2D eigenvalue weighted by atomic mass is 10.1. The number of rotatable bonds is 3. The van der Waals surface area contributed by atoms with E-state index in [1.807, 2.05) is 17.9 Å². The zero-order valence-corrected chi connectivity index (χ0v) is 11.6. The summed E-state index contributed by atoms with van der Waals surface area (Å²) in [7, 11) is 0. The third-order valence-electron chi connectivity index (χ3n) is 3.21. The van der Waals surface area contributed by atoms with Crippen LogP contribution in [0.25, 0.3) is 0 Å². The average molecular weight is 294 g/mol. The molecule has 2 atom stereocenters. The average Bonchev–Trinajstić information content (AvgIpc) is 2.83. The predicted octanol–water partition coefficient (Wildman–Crippen LogP) is 3.66. The molecule has 0 aliphatic carbocycles. The molecular weight excluding hydrogens is 281 g/mol. The topological polar surface area (TPSA) is 40.5 Å². The Bertz CT molecular complexity index is 435. The molecule has 0 spiro atoms. The number of hydrogen-bond acceptors (Lipinski definition) is 3. The largest absolute Gasteiger partial charge is 0.480 e. The van der Waals surface area contributed by atoms with Gasteiger partial charge in [-0.25, -0.2) is 0 Å². The number of halogens is 2. The first-order valence-electron chi connectivity index (χ1n) is 5.44. The maximum Gasteiger partial charge on any atom is 0.320 e. The molecule has 1 fully saturated rings. The van der Waals surface area contributed by atoms with E-state index in [1.165, 1.54) is 11.3 Å². The fraction of sp³-hybridized carbons (Fsp3) is 0.545. The summed E-state index contributed by atoms with van der Waals surface area (Å²) in [5, 5.41) is 9.16. The van der Waals surface area contributed by atoms with Crippen LogP contribution in [0.4, 0.5) is 0 Å². The van der Waals surface area contributed by atoms with Gasteiger partial charge in [0.25, 0.3) is 0 Å². The molecule has 1 aromatic rings. The minimum absolute atomic E-state index is 0.00477. The summed E-state index contributed by atoms with van der Waals surface area (Å²) in [5.41, 5.74) is 0.926. The SMILES string of the molecule is CC(c1cc(Cl)sc1Cl)N1CCCC1C(=O)O. The lowest BCUT2D eigenvalue weighted by molar-refractivity contribution is -0.142. The molecule has 0 aromatic carbocycles. The second-order valence-corrected chi connectivity index (χ2v) is 6.48. The van der Waals surface area contributed by atoms with Crippen molar-refractivity contribution in [2.45, 2.75) is 31.8 Å². The second-order valence-electron chi connectivity index (χ2n) is 4.19. The number of carboxylic acids is 1. The van der Waals surface area contributed by atoms with Crippen LogP contribution in [0.15, 0.2) is 6.07 Å². The van der Waals surface area contributed by atoms with E-state index in [2.05, 4.69) is 0 Å². The van der Waals surface area contributed by atoms with Crippen molar-refractivity contribution < 1.29 is 9.90 Å². The standard InChI is InChI=1S/C11H13Cl2NO2S/c1-6(7-5-9(12)17-10(7)13)14-4-2-3-8(14)11(15)16/h5-6,8H,2-4H2,1H3,(H,15,16). The summed E-state index contributed by atoms with van der Waals surface area (Å²) in [6.45, 7) is 2.77. The summed E-state index contributed by atoms with van der Waals surface area (Å²) in [4.78, 5) is 13.1. The van der Waals surface area contributed by atoms with E-state index in [0.29, 0.717) is 15.1 Å². The molecule has 17 heavy (non-hydrogen) atoms. The summed E-state index contributed by atoms with van der Waals surface area (Å²) < 4.78 is 1.29. The molecule has 0 bridgehead atoms. The van der Waals surface area contributed by atoms with Crippen molar-refractivity contribution in [2.75, 3.05) is 6.54 Å². The van der Waals surface area contributed by atoms with Gasteiger partial charge in [-0.05, 0) is 32.4 Å². The van der Waals surface area contributed by atoms with Crippen LogP contribution in [0.2, 0.25) is 8.67 Å². The highest BCUT2D eigenvalue weighted by molar-refractivity contribution is 7.20. The van der Waals surface area contributed by atoms with Gasteiger partial charge in [0.1, 0.15) is 6.04 Å². The molecule has 1 aromatic heterocycles. The molecule has 0 saturated carbocycles. The first kappa shape index (κ1) is 13.1. The number of carbonyl (C=O) groups is 1. The number of likely N-dealkylation sites (tertiary alicyclic amines) is 1. The molecule has 94 valence electrons. The van der Waals surface area contributed by atoms with Gasteiger partial charge in [0.05, 0.1) is 8.67 Å². The first-order valence-corrected chi connectivity index (χ1v) is 7.01. The molecule has 1 aliphatic rings. The minimum Gasteiger partial charge on any atom is -0.480 e. The monoisotopic (exact) mass is 293 g/mol. The second kappa shape index (κ2) is 5.14. The number of carboxylic acid groups (broad SMARTS) is 1. The molecule has 1 N–H and O–H groups in total. The van der Waals surface area contributed by atoms with Gasteiger partial charge in [0, 0.05) is 11.6 Å². The molecule has 1 saturated heterocycles. The van der Waals surface area contributed by atoms with Crippen LogP contribution in [-0.2, 0) is 4.79 Å². The van der Waals surface area contributed by atoms with Crippen molar-refractivity contribution in [2.24, 2.45) is 0 Å². The van der Waals surface area contributed by atoms with Crippen LogP contribution < -0.4 is 0 Å². The van der Waals surface area contributed by atoms with Gasteiger partial charge in [0.15, 0.2) is 0 Å². The van der Waals surface area contributed by atoms with Gasteiger partial charge < -0.3 is 5.11 Å². The number of hydrogen-bond donors (Lipinski definition) is 1. The highest BCUT2D eigenvalue weighted by Crippen LogP contribution is 2.39. The van der Waals surface area contributed by atoms with Crippen LogP contribution in [0.1, 0.15) is 31.4 Å². The first-order chi connectivity index (χ1) is 8.00. The Morgan fingerprint density at radius 3 is 2.88 bits per heavy atom. The fourth-order valence-corrected chi connectivity index (χ4v) is 3.97. The van der Waals surface area contributed by atoms with E-state index < -0.39 is 12.0 Å². The number of thiophene rings is 1. The van der Waals surface area contributed by atoms with Gasteiger partial charge in [-0.1, -0.05) is 23.2 Å². The highest BCUT2D eigenvalue weighted by Gasteiger charge is 2.35. The Morgan fingerprint density at radius 2 is 2.35 bits per heavy atom. The Morgan fingerprint density at radius 1 is 1.65 bits per heavy atom. The van der Waals surface area contributed by atoms with Crippen molar-refractivity contribution in [3.05, 3.63) is 20.3 Å². The minimum atomic E-state index is -0.758. The summed E-state index contributed by atoms with van der Waals surface area (Å²) in [6, 6.07) is 1.42. The van der Waals surface area contributed by atoms with E-state index in [4.69, 9.17) is 28.3 Å². The van der Waals surface area contributed by atoms with Gasteiger partial charge in [-0.2, -0.15) is 0 Å². The van der Waals surface area contributed by atoms with Crippen molar-refractivity contribution >= 4 is 40.5 Å². The fourth-order valence-electron chi connectivity index (χ4n) is 2.33. The van der Waals surface area contributed by atoms with Gasteiger partial charge in [0.2, 0.25) is 0 Å². The maximum absolute atomic E-state index is 11.1. The number of nitrogens with zero attached hydrogens (tertiary/aromatic N) is 1. The van der Waals surface area contributed by atoms with Gasteiger partial charge >= 0.3 is 5.97 Å². The lowest BCUT2D eigenvalue weighted by Crippen LogP contribution is -2.37. The molecule has 2 heterocycles. The van der Waals surface area contributed by atoms with Crippen LogP contribution in [0.5, 0.6) is 0 Å². The predicted molar refractivity (Wildman–Crippen MR) is 70.1 cm³/mol. The van der Waals surface area contributed by atoms with Gasteiger partial charge in [-0.3, -0.25) is 9.69 Å². The summed E-state index contributed by atoms with van der Waals surface area (Å²) >= 11 is 13.3. The van der Waals surface area contributed by atoms with Crippen LogP contribution in [0.3, 0.4) is 0 Å². The third kappa shape index (κ3) is 2.60. The highest BCUT2D eigenvalue weighted by atomic mass is 35.5. The van der Waals surface area contributed by atoms with Crippen LogP contribution in [0, 0.1) is 0 Å². The molecule has 6 heteroatoms. The molecule has 0 radical (unpaired) electrons. The van der Waals surface area contributed by atoms with Crippen molar-refractivity contribution in [1.29, 1.82) is 0 Å².